The number of hydrogen-bond acceptors (Lipinski definition) is 4. The van der Waals surface area contributed by atoms with Gasteiger partial charge < -0.3 is 14.7 Å². The van der Waals surface area contributed by atoms with Crippen molar-refractivity contribution in [3.05, 3.63) is 39.9 Å². The molecule has 0 spiro atoms. The van der Waals surface area contributed by atoms with E-state index in [0.29, 0.717) is 42.1 Å². The monoisotopic (exact) mass is 494 g/mol. The molecule has 2 saturated heterocycles. The van der Waals surface area contributed by atoms with Crippen molar-refractivity contribution in [1.82, 2.24) is 19.6 Å². The molecule has 0 radical (unpaired) electrons. The molecule has 1 aromatic rings. The number of hydrogen-bond donors (Lipinski definition) is 0. The maximum absolute atomic E-state index is 12.6. The molecule has 0 saturated carbocycles. The lowest BCUT2D eigenvalue weighted by Gasteiger charge is -2.37. The minimum absolute atomic E-state index is 0.0868. The van der Waals surface area contributed by atoms with Crippen LogP contribution in [0.5, 0.6) is 0 Å². The van der Waals surface area contributed by atoms with Gasteiger partial charge in [0, 0.05) is 70.9 Å². The summed E-state index contributed by atoms with van der Waals surface area (Å²) in [5, 5.41) is 0.944. The molecule has 2 fully saturated rings. The second kappa shape index (κ2) is 12.7. The van der Waals surface area contributed by atoms with E-state index in [0.717, 1.165) is 57.7 Å². The molecule has 0 aromatic heterocycles. The van der Waals surface area contributed by atoms with Gasteiger partial charge in [0.2, 0.25) is 11.8 Å². The van der Waals surface area contributed by atoms with Crippen molar-refractivity contribution >= 4 is 41.1 Å². The Morgan fingerprint density at radius 1 is 0.970 bits per heavy atom. The largest absolute Gasteiger partial charge is 0.341 e. The number of halogens is 2. The molecule has 1 aromatic carbocycles. The van der Waals surface area contributed by atoms with Gasteiger partial charge in [-0.1, -0.05) is 29.3 Å². The standard InChI is InChI=1S/C25H36Cl2N4O2/c1-20(2)29-15-13-28(14-16-29)10-3-4-11-30-17-18-31(12-9-25(30)33)24(32)8-6-21-5-7-22(26)23(27)19-21/h5-8,19-20H,3-4,9-18H2,1-2H3. The van der Waals surface area contributed by atoms with E-state index < -0.39 is 0 Å². The van der Waals surface area contributed by atoms with Crippen molar-refractivity contribution in [2.75, 3.05) is 58.9 Å². The molecule has 0 bridgehead atoms. The molecule has 0 N–H and O–H groups in total. The van der Waals surface area contributed by atoms with Crippen LogP contribution >= 0.6 is 23.2 Å². The van der Waals surface area contributed by atoms with Crippen LogP contribution in [-0.2, 0) is 9.59 Å². The van der Waals surface area contributed by atoms with Gasteiger partial charge in [-0.3, -0.25) is 14.5 Å². The highest BCUT2D eigenvalue weighted by Crippen LogP contribution is 2.23. The molecule has 2 amide bonds. The number of piperazine rings is 1. The fraction of sp³-hybridized carbons (Fsp3) is 0.600. The number of unbranched alkanes of at least 4 members (excludes halogenated alkanes) is 1. The van der Waals surface area contributed by atoms with E-state index in [4.69, 9.17) is 23.2 Å². The molecule has 0 unspecified atom stereocenters. The average molecular weight is 495 g/mol. The van der Waals surface area contributed by atoms with Gasteiger partial charge >= 0.3 is 0 Å². The maximum Gasteiger partial charge on any atom is 0.246 e. The highest BCUT2D eigenvalue weighted by molar-refractivity contribution is 6.42. The molecule has 8 heteroatoms. The molecule has 0 atom stereocenters. The molecular formula is C25H36Cl2N4O2. The van der Waals surface area contributed by atoms with E-state index in [2.05, 4.69) is 23.6 Å². The summed E-state index contributed by atoms with van der Waals surface area (Å²) in [6.45, 7) is 12.6. The van der Waals surface area contributed by atoms with Crippen LogP contribution in [0.2, 0.25) is 10.0 Å². The number of carbonyl (C=O) groups excluding carboxylic acids is 2. The van der Waals surface area contributed by atoms with E-state index in [-0.39, 0.29) is 11.8 Å². The normalized spacial score (nSPS) is 19.0. The summed E-state index contributed by atoms with van der Waals surface area (Å²) in [5.41, 5.74) is 0.816. The zero-order chi connectivity index (χ0) is 23.8. The van der Waals surface area contributed by atoms with Crippen LogP contribution < -0.4 is 0 Å². The second-order valence-corrected chi connectivity index (χ2v) is 9.96. The van der Waals surface area contributed by atoms with Crippen molar-refractivity contribution < 1.29 is 9.59 Å². The third-order valence-corrected chi connectivity index (χ3v) is 7.29. The van der Waals surface area contributed by atoms with E-state index in [9.17, 15) is 9.59 Å². The Hall–Kier alpha value is -1.60. The Bertz CT molecular complexity index is 838. The van der Waals surface area contributed by atoms with Gasteiger partial charge in [0.15, 0.2) is 0 Å². The third kappa shape index (κ3) is 7.99. The lowest BCUT2D eigenvalue weighted by atomic mass is 10.2. The smallest absolute Gasteiger partial charge is 0.246 e. The van der Waals surface area contributed by atoms with E-state index in [1.54, 1.807) is 29.2 Å². The SMILES string of the molecule is CC(C)N1CCN(CCCCN2CCN(C(=O)C=Cc3ccc(Cl)c(Cl)c3)CCC2=O)CC1. The van der Waals surface area contributed by atoms with Gasteiger partial charge in [0.05, 0.1) is 10.0 Å². The first-order valence-corrected chi connectivity index (χ1v) is 12.8. The zero-order valence-corrected chi connectivity index (χ0v) is 21.3. The lowest BCUT2D eigenvalue weighted by molar-refractivity contribution is -0.130. The summed E-state index contributed by atoms with van der Waals surface area (Å²) >= 11 is 12.0. The fourth-order valence-electron chi connectivity index (χ4n) is 4.35. The molecule has 2 aliphatic heterocycles. The van der Waals surface area contributed by atoms with Gasteiger partial charge in [-0.05, 0) is 57.0 Å². The Morgan fingerprint density at radius 3 is 2.39 bits per heavy atom. The molecule has 3 rings (SSSR count). The Balaban J connectivity index is 1.39. The summed E-state index contributed by atoms with van der Waals surface area (Å²) in [5.74, 6) is 0.0561. The summed E-state index contributed by atoms with van der Waals surface area (Å²) < 4.78 is 0. The summed E-state index contributed by atoms with van der Waals surface area (Å²) in [4.78, 5) is 33.9. The van der Waals surface area contributed by atoms with Gasteiger partial charge in [0.1, 0.15) is 0 Å². The Labute approximate surface area is 208 Å². The minimum Gasteiger partial charge on any atom is -0.341 e. The number of rotatable bonds is 8. The van der Waals surface area contributed by atoms with E-state index in [1.807, 2.05) is 11.0 Å². The van der Waals surface area contributed by atoms with Gasteiger partial charge in [-0.15, -0.1) is 0 Å². The first kappa shape index (κ1) is 26.0. The zero-order valence-electron chi connectivity index (χ0n) is 19.8. The van der Waals surface area contributed by atoms with Gasteiger partial charge in [-0.2, -0.15) is 0 Å². The summed E-state index contributed by atoms with van der Waals surface area (Å²) in [6, 6.07) is 5.88. The van der Waals surface area contributed by atoms with Crippen LogP contribution in [0.1, 0.15) is 38.7 Å². The number of carbonyl (C=O) groups is 2. The number of benzene rings is 1. The first-order valence-electron chi connectivity index (χ1n) is 12.0. The average Bonchev–Trinajstić information content (AvgIpc) is 2.99. The number of nitrogens with zero attached hydrogens (tertiary/aromatic N) is 4. The van der Waals surface area contributed by atoms with Crippen molar-refractivity contribution in [2.24, 2.45) is 0 Å². The van der Waals surface area contributed by atoms with E-state index in [1.165, 1.54) is 0 Å². The Morgan fingerprint density at radius 2 is 1.70 bits per heavy atom. The Kier molecular flexibility index (Phi) is 10.0. The van der Waals surface area contributed by atoms with Crippen LogP contribution in [0.3, 0.4) is 0 Å². The molecule has 2 heterocycles. The molecule has 33 heavy (non-hydrogen) atoms. The molecule has 2 aliphatic rings. The van der Waals surface area contributed by atoms with Crippen LogP contribution in [0.4, 0.5) is 0 Å². The van der Waals surface area contributed by atoms with Crippen LogP contribution in [-0.4, -0.2) is 96.4 Å². The first-order chi connectivity index (χ1) is 15.8. The van der Waals surface area contributed by atoms with Crippen molar-refractivity contribution in [3.63, 3.8) is 0 Å². The number of amides is 2. The summed E-state index contributed by atoms with van der Waals surface area (Å²) in [7, 11) is 0. The predicted octanol–water partition coefficient (Wildman–Crippen LogP) is 3.87. The van der Waals surface area contributed by atoms with Gasteiger partial charge in [-0.25, -0.2) is 0 Å². The molecule has 6 nitrogen and oxygen atoms in total. The fourth-order valence-corrected chi connectivity index (χ4v) is 4.66. The highest BCUT2D eigenvalue weighted by atomic mass is 35.5. The topological polar surface area (TPSA) is 47.1 Å². The molecule has 0 aliphatic carbocycles. The van der Waals surface area contributed by atoms with Crippen LogP contribution in [0.25, 0.3) is 6.08 Å². The van der Waals surface area contributed by atoms with Crippen LogP contribution in [0.15, 0.2) is 24.3 Å². The van der Waals surface area contributed by atoms with E-state index >= 15 is 0 Å². The van der Waals surface area contributed by atoms with Crippen LogP contribution in [0, 0.1) is 0 Å². The predicted molar refractivity (Wildman–Crippen MR) is 136 cm³/mol. The third-order valence-electron chi connectivity index (χ3n) is 6.55. The molecule has 182 valence electrons. The lowest BCUT2D eigenvalue weighted by Crippen LogP contribution is -2.49. The second-order valence-electron chi connectivity index (χ2n) is 9.14. The minimum atomic E-state index is -0.0868. The van der Waals surface area contributed by atoms with Crippen molar-refractivity contribution in [2.45, 2.75) is 39.2 Å². The maximum atomic E-state index is 12.6. The van der Waals surface area contributed by atoms with Gasteiger partial charge in [0.25, 0.3) is 0 Å². The van der Waals surface area contributed by atoms with Crippen molar-refractivity contribution in [1.29, 1.82) is 0 Å². The molecular weight excluding hydrogens is 459 g/mol. The van der Waals surface area contributed by atoms with Crippen molar-refractivity contribution in [3.8, 4) is 0 Å². The quantitative estimate of drug-likeness (QED) is 0.406. The summed E-state index contributed by atoms with van der Waals surface area (Å²) in [6.07, 6.45) is 5.75. The highest BCUT2D eigenvalue weighted by Gasteiger charge is 2.23.